The van der Waals surface area contributed by atoms with E-state index in [1.54, 1.807) is 19.1 Å². The number of hydrogen-bond donors (Lipinski definition) is 0. The first-order chi connectivity index (χ1) is 12.8. The third-order valence-corrected chi connectivity index (χ3v) is 5.38. The van der Waals surface area contributed by atoms with Crippen molar-refractivity contribution in [3.8, 4) is 17.0 Å². The second-order valence-corrected chi connectivity index (χ2v) is 8.27. The van der Waals surface area contributed by atoms with Crippen LogP contribution < -0.4 is 9.64 Å². The summed E-state index contributed by atoms with van der Waals surface area (Å²) in [5, 5.41) is 2.63. The van der Waals surface area contributed by atoms with Crippen molar-refractivity contribution in [3.05, 3.63) is 65.0 Å². The number of ether oxygens (including phenoxy) is 1. The third kappa shape index (κ3) is 4.19. The molecule has 0 spiro atoms. The van der Waals surface area contributed by atoms with Crippen LogP contribution in [0.3, 0.4) is 0 Å². The Balaban J connectivity index is 1.78. The third-order valence-electron chi connectivity index (χ3n) is 4.47. The highest BCUT2D eigenvalue weighted by atomic mass is 32.1. The molecule has 5 heteroatoms. The van der Waals surface area contributed by atoms with Crippen molar-refractivity contribution in [2.24, 2.45) is 0 Å². The number of thiazole rings is 1. The minimum Gasteiger partial charge on any atom is -0.497 e. The van der Waals surface area contributed by atoms with Gasteiger partial charge >= 0.3 is 0 Å². The van der Waals surface area contributed by atoms with Gasteiger partial charge in [-0.1, -0.05) is 32.9 Å². The van der Waals surface area contributed by atoms with E-state index < -0.39 is 0 Å². The summed E-state index contributed by atoms with van der Waals surface area (Å²) < 4.78 is 5.19. The Hall–Kier alpha value is -2.66. The van der Waals surface area contributed by atoms with Crippen LogP contribution in [0.1, 0.15) is 36.7 Å². The van der Waals surface area contributed by atoms with E-state index in [-0.39, 0.29) is 11.3 Å². The maximum Gasteiger partial charge on any atom is 0.259 e. The summed E-state index contributed by atoms with van der Waals surface area (Å²) in [5.74, 6) is 0.742. The predicted molar refractivity (Wildman–Crippen MR) is 112 cm³/mol. The summed E-state index contributed by atoms with van der Waals surface area (Å²) in [6.07, 6.45) is 0. The van der Waals surface area contributed by atoms with Gasteiger partial charge in [0.1, 0.15) is 5.75 Å². The topological polar surface area (TPSA) is 42.4 Å². The number of nitrogens with zero attached hydrogens (tertiary/aromatic N) is 2. The second-order valence-electron chi connectivity index (χ2n) is 7.44. The molecule has 0 saturated heterocycles. The molecule has 0 atom stereocenters. The minimum absolute atomic E-state index is 0.0638. The van der Waals surface area contributed by atoms with Crippen molar-refractivity contribution in [1.29, 1.82) is 0 Å². The molecule has 0 N–H and O–H groups in total. The van der Waals surface area contributed by atoms with Gasteiger partial charge in [-0.25, -0.2) is 4.98 Å². The quantitative estimate of drug-likeness (QED) is 0.609. The normalized spacial score (nSPS) is 11.3. The largest absolute Gasteiger partial charge is 0.497 e. The van der Waals surface area contributed by atoms with Crippen LogP contribution in [-0.4, -0.2) is 25.0 Å². The summed E-state index contributed by atoms with van der Waals surface area (Å²) in [4.78, 5) is 19.0. The molecule has 1 aromatic heterocycles. The molecule has 0 aliphatic rings. The van der Waals surface area contributed by atoms with Gasteiger partial charge < -0.3 is 4.74 Å². The number of carbonyl (C=O) groups is 1. The number of aromatic nitrogens is 1. The number of methoxy groups -OCH3 is 1. The van der Waals surface area contributed by atoms with E-state index in [2.05, 4.69) is 25.8 Å². The Bertz CT molecular complexity index is 922. The lowest BCUT2D eigenvalue weighted by molar-refractivity contribution is 0.0993. The first-order valence-electron chi connectivity index (χ1n) is 8.78. The fourth-order valence-electron chi connectivity index (χ4n) is 2.71. The molecule has 0 radical (unpaired) electrons. The molecular weight excluding hydrogens is 356 g/mol. The molecule has 0 aliphatic heterocycles. The zero-order chi connectivity index (χ0) is 19.6. The summed E-state index contributed by atoms with van der Waals surface area (Å²) >= 11 is 1.46. The van der Waals surface area contributed by atoms with Crippen molar-refractivity contribution in [3.63, 3.8) is 0 Å². The number of anilines is 1. The highest BCUT2D eigenvalue weighted by Crippen LogP contribution is 2.29. The highest BCUT2D eigenvalue weighted by Gasteiger charge is 2.19. The molecule has 0 fully saturated rings. The van der Waals surface area contributed by atoms with E-state index in [4.69, 9.17) is 4.74 Å². The van der Waals surface area contributed by atoms with Gasteiger partial charge in [-0.2, -0.15) is 0 Å². The maximum atomic E-state index is 12.8. The van der Waals surface area contributed by atoms with Gasteiger partial charge in [0.25, 0.3) is 5.91 Å². The fourth-order valence-corrected chi connectivity index (χ4v) is 3.50. The molecule has 0 unspecified atom stereocenters. The molecule has 27 heavy (non-hydrogen) atoms. The van der Waals surface area contributed by atoms with Crippen LogP contribution >= 0.6 is 11.3 Å². The van der Waals surface area contributed by atoms with Crippen molar-refractivity contribution in [1.82, 2.24) is 4.98 Å². The van der Waals surface area contributed by atoms with Crippen molar-refractivity contribution in [2.45, 2.75) is 26.2 Å². The van der Waals surface area contributed by atoms with Crippen LogP contribution in [0.5, 0.6) is 5.75 Å². The molecule has 1 heterocycles. The predicted octanol–water partition coefficient (Wildman–Crippen LogP) is 5.39. The van der Waals surface area contributed by atoms with Gasteiger partial charge in [0.2, 0.25) is 0 Å². The molecule has 0 saturated carbocycles. The average molecular weight is 381 g/mol. The zero-order valence-electron chi connectivity index (χ0n) is 16.3. The number of hydrogen-bond acceptors (Lipinski definition) is 4. The minimum atomic E-state index is -0.0638. The first-order valence-corrected chi connectivity index (χ1v) is 9.66. The molecule has 140 valence electrons. The van der Waals surface area contributed by atoms with Crippen LogP contribution in [0.2, 0.25) is 0 Å². The van der Waals surface area contributed by atoms with Gasteiger partial charge in [-0.15, -0.1) is 11.3 Å². The van der Waals surface area contributed by atoms with E-state index in [9.17, 15) is 4.79 Å². The zero-order valence-corrected chi connectivity index (χ0v) is 17.1. The summed E-state index contributed by atoms with van der Waals surface area (Å²) in [6.45, 7) is 6.48. The van der Waals surface area contributed by atoms with Gasteiger partial charge in [0, 0.05) is 23.6 Å². The Kier molecular flexibility index (Phi) is 5.33. The molecular formula is C22H24N2O2S. The van der Waals surface area contributed by atoms with Crippen LogP contribution in [0.15, 0.2) is 53.9 Å². The average Bonchev–Trinajstić information content (AvgIpc) is 3.16. The smallest absolute Gasteiger partial charge is 0.259 e. The molecule has 2 aromatic carbocycles. The van der Waals surface area contributed by atoms with Gasteiger partial charge in [-0.3, -0.25) is 9.69 Å². The van der Waals surface area contributed by atoms with E-state index in [1.165, 1.54) is 16.9 Å². The van der Waals surface area contributed by atoms with E-state index in [1.807, 2.05) is 53.9 Å². The number of rotatable bonds is 4. The number of amides is 1. The fraction of sp³-hybridized carbons (Fsp3) is 0.273. The van der Waals surface area contributed by atoms with E-state index in [0.717, 1.165) is 17.0 Å². The Morgan fingerprint density at radius 3 is 2.22 bits per heavy atom. The summed E-state index contributed by atoms with van der Waals surface area (Å²) in [6, 6.07) is 15.5. The molecule has 3 rings (SSSR count). The standard InChI is InChI=1S/C22H24N2O2S/c1-22(2,3)17-10-6-16(7-11-17)20(25)24(4)21-23-19(14-27-21)15-8-12-18(26-5)13-9-15/h6-14H,1-5H3. The molecule has 1 amide bonds. The van der Waals surface area contributed by atoms with Gasteiger partial charge in [0.15, 0.2) is 5.13 Å². The summed E-state index contributed by atoms with van der Waals surface area (Å²) in [5.41, 5.74) is 3.77. The van der Waals surface area contributed by atoms with Crippen molar-refractivity contribution in [2.75, 3.05) is 19.1 Å². The molecule has 0 aliphatic carbocycles. The van der Waals surface area contributed by atoms with E-state index in [0.29, 0.717) is 10.7 Å². The van der Waals surface area contributed by atoms with Gasteiger partial charge in [-0.05, 0) is 47.4 Å². The first kappa shape index (κ1) is 19.1. The molecule has 3 aromatic rings. The van der Waals surface area contributed by atoms with Crippen molar-refractivity contribution < 1.29 is 9.53 Å². The second kappa shape index (κ2) is 7.53. The lowest BCUT2D eigenvalue weighted by atomic mass is 9.86. The highest BCUT2D eigenvalue weighted by molar-refractivity contribution is 7.14. The lowest BCUT2D eigenvalue weighted by Gasteiger charge is -2.20. The number of carbonyl (C=O) groups excluding carboxylic acids is 1. The van der Waals surface area contributed by atoms with Crippen LogP contribution in [0.4, 0.5) is 5.13 Å². The van der Waals surface area contributed by atoms with Crippen LogP contribution in [0, 0.1) is 0 Å². The lowest BCUT2D eigenvalue weighted by Crippen LogP contribution is -2.26. The monoisotopic (exact) mass is 380 g/mol. The van der Waals surface area contributed by atoms with Crippen LogP contribution in [-0.2, 0) is 5.41 Å². The Morgan fingerprint density at radius 2 is 1.67 bits per heavy atom. The van der Waals surface area contributed by atoms with Crippen molar-refractivity contribution >= 4 is 22.4 Å². The summed E-state index contributed by atoms with van der Waals surface area (Å²) in [7, 11) is 3.40. The van der Waals surface area contributed by atoms with Gasteiger partial charge in [0.05, 0.1) is 12.8 Å². The molecule has 0 bridgehead atoms. The molecule has 4 nitrogen and oxygen atoms in total. The SMILES string of the molecule is COc1ccc(-c2csc(N(C)C(=O)c3ccc(C(C)(C)C)cc3)n2)cc1. The van der Waals surface area contributed by atoms with Crippen LogP contribution in [0.25, 0.3) is 11.3 Å². The Labute approximate surface area is 164 Å². The van der Waals surface area contributed by atoms with E-state index >= 15 is 0 Å². The maximum absolute atomic E-state index is 12.8. The number of benzene rings is 2. The Morgan fingerprint density at radius 1 is 1.04 bits per heavy atom.